The van der Waals surface area contributed by atoms with Crippen LogP contribution in [0.25, 0.3) is 10.2 Å². The topological polar surface area (TPSA) is 86.8 Å². The summed E-state index contributed by atoms with van der Waals surface area (Å²) in [5.74, 6) is -1.85. The lowest BCUT2D eigenvalue weighted by Gasteiger charge is -2.37. The number of ether oxygens (including phenoxy) is 1. The van der Waals surface area contributed by atoms with E-state index in [0.29, 0.717) is 10.2 Å². The highest BCUT2D eigenvalue weighted by Gasteiger charge is 2.75. The number of nitrogens with zero attached hydrogens (tertiary/aromatic N) is 1. The van der Waals surface area contributed by atoms with Crippen LogP contribution in [0.15, 0.2) is 24.3 Å². The van der Waals surface area contributed by atoms with Gasteiger partial charge in [-0.3, -0.25) is 4.57 Å². The number of aromatic nitrogens is 1. The highest BCUT2D eigenvalue weighted by Crippen LogP contribution is 2.66. The monoisotopic (exact) mass is 426 g/mol. The predicted octanol–water partition coefficient (Wildman–Crippen LogP) is 4.41. The summed E-state index contributed by atoms with van der Waals surface area (Å²) >= 11 is 0.858. The number of hydrogen-bond acceptors (Lipinski definition) is 8. The number of carbonyl (C=O) groups excluding carboxylic acids is 1. The van der Waals surface area contributed by atoms with Crippen LogP contribution in [0.1, 0.15) is 13.8 Å². The van der Waals surface area contributed by atoms with Crippen molar-refractivity contribution in [2.75, 3.05) is 25.6 Å². The van der Waals surface area contributed by atoms with Crippen molar-refractivity contribution < 1.29 is 36.3 Å². The molecule has 0 bridgehead atoms. The summed E-state index contributed by atoms with van der Waals surface area (Å²) in [6.45, 7) is 1.91. The molecule has 0 aliphatic rings. The molecule has 12 heteroatoms. The van der Waals surface area contributed by atoms with Gasteiger partial charge >= 0.3 is 25.0 Å². The van der Waals surface area contributed by atoms with Gasteiger partial charge in [0.25, 0.3) is 0 Å². The van der Waals surface area contributed by atoms with Crippen molar-refractivity contribution in [3.63, 3.8) is 0 Å². The van der Waals surface area contributed by atoms with Crippen LogP contribution in [0.5, 0.6) is 0 Å². The first kappa shape index (κ1) is 21.6. The zero-order chi connectivity index (χ0) is 20.3. The van der Waals surface area contributed by atoms with E-state index in [9.17, 15) is 22.5 Å². The Morgan fingerprint density at radius 2 is 1.81 bits per heavy atom. The van der Waals surface area contributed by atoms with Crippen LogP contribution < -0.4 is 5.32 Å². The predicted molar refractivity (Wildman–Crippen MR) is 94.9 cm³/mol. The van der Waals surface area contributed by atoms with E-state index in [1.807, 2.05) is 5.32 Å². The fourth-order valence-corrected chi connectivity index (χ4v) is 5.38. The number of methoxy groups -OCH3 is 1. The molecule has 0 amide bonds. The van der Waals surface area contributed by atoms with E-state index in [2.05, 4.69) is 9.72 Å². The Balaban J connectivity index is 2.70. The largest absolute Gasteiger partial charge is 0.467 e. The van der Waals surface area contributed by atoms with Crippen LogP contribution in [-0.4, -0.2) is 42.7 Å². The smallest absolute Gasteiger partial charge is 0.434 e. The third kappa shape index (κ3) is 3.82. The van der Waals surface area contributed by atoms with Crippen molar-refractivity contribution in [2.45, 2.75) is 25.3 Å². The molecule has 0 saturated carbocycles. The molecule has 1 N–H and O–H groups in total. The summed E-state index contributed by atoms with van der Waals surface area (Å²) in [5.41, 5.74) is 0.411. The standard InChI is InChI=1S/C15H18F3N2O5PS/c1-4-24-26(22,25-5-2)14(12(21)23-3,15(16,17)18)20-13-19-10-8-6-7-9-11(10)27-13/h6-9H,4-5H2,1-3H3,(H,19,20)/t14-/m0/s1. The molecule has 7 nitrogen and oxygen atoms in total. The van der Waals surface area contributed by atoms with Gasteiger partial charge in [-0.05, 0) is 26.0 Å². The quantitative estimate of drug-likeness (QED) is 0.494. The zero-order valence-corrected chi connectivity index (χ0v) is 16.4. The van der Waals surface area contributed by atoms with Crippen LogP contribution in [0.2, 0.25) is 0 Å². The van der Waals surface area contributed by atoms with E-state index in [1.165, 1.54) is 13.8 Å². The average molecular weight is 426 g/mol. The highest BCUT2D eigenvalue weighted by atomic mass is 32.1. The summed E-state index contributed by atoms with van der Waals surface area (Å²) in [6.07, 6.45) is -5.38. The van der Waals surface area contributed by atoms with Crippen LogP contribution in [0.3, 0.4) is 0 Å². The van der Waals surface area contributed by atoms with Gasteiger partial charge in [-0.15, -0.1) is 0 Å². The van der Waals surface area contributed by atoms with Gasteiger partial charge in [-0.1, -0.05) is 23.5 Å². The van der Waals surface area contributed by atoms with Crippen LogP contribution in [-0.2, 0) is 23.1 Å². The molecule has 0 aliphatic carbocycles. The van der Waals surface area contributed by atoms with Gasteiger partial charge in [0.1, 0.15) is 0 Å². The van der Waals surface area contributed by atoms with E-state index in [4.69, 9.17) is 9.05 Å². The number of nitrogens with one attached hydrogen (secondary N) is 1. The van der Waals surface area contributed by atoms with Gasteiger partial charge in [-0.2, -0.15) is 13.2 Å². The zero-order valence-electron chi connectivity index (χ0n) is 14.7. The Bertz CT molecular complexity index is 816. The second-order valence-electron chi connectivity index (χ2n) is 5.14. The molecule has 0 saturated heterocycles. The number of benzene rings is 1. The first-order valence-corrected chi connectivity index (χ1v) is 10.2. The van der Waals surface area contributed by atoms with E-state index >= 15 is 0 Å². The van der Waals surface area contributed by atoms with Gasteiger partial charge in [0.15, 0.2) is 5.13 Å². The molecule has 1 aromatic carbocycles. The van der Waals surface area contributed by atoms with Gasteiger partial charge < -0.3 is 19.1 Å². The Morgan fingerprint density at radius 3 is 2.30 bits per heavy atom. The lowest BCUT2D eigenvalue weighted by atomic mass is 10.3. The number of rotatable bonds is 8. The Kier molecular flexibility index (Phi) is 6.51. The molecular weight excluding hydrogens is 408 g/mol. The van der Waals surface area contributed by atoms with Crippen molar-refractivity contribution in [2.24, 2.45) is 0 Å². The first-order chi connectivity index (χ1) is 12.6. The number of fused-ring (bicyclic) bond motifs is 1. The molecule has 0 fully saturated rings. The molecule has 1 aromatic heterocycles. The molecule has 27 heavy (non-hydrogen) atoms. The third-order valence-electron chi connectivity index (χ3n) is 3.48. The van der Waals surface area contributed by atoms with E-state index < -0.39 is 25.0 Å². The van der Waals surface area contributed by atoms with E-state index in [-0.39, 0.29) is 18.3 Å². The van der Waals surface area contributed by atoms with Gasteiger partial charge in [-0.25, -0.2) is 9.78 Å². The molecule has 1 heterocycles. The number of para-hydroxylation sites is 1. The highest BCUT2D eigenvalue weighted by molar-refractivity contribution is 7.57. The summed E-state index contributed by atoms with van der Waals surface area (Å²) in [5, 5.41) is -2.07. The molecule has 1 atom stereocenters. The van der Waals surface area contributed by atoms with Crippen LogP contribution in [0, 0.1) is 0 Å². The molecule has 0 aliphatic heterocycles. The van der Waals surface area contributed by atoms with Gasteiger partial charge in [0.2, 0.25) is 0 Å². The van der Waals surface area contributed by atoms with E-state index in [1.54, 1.807) is 24.3 Å². The Hall–Kier alpha value is -1.68. The summed E-state index contributed by atoms with van der Waals surface area (Å²) < 4.78 is 70.3. The van der Waals surface area contributed by atoms with Crippen molar-refractivity contribution >= 4 is 40.3 Å². The van der Waals surface area contributed by atoms with Crippen LogP contribution >= 0.6 is 18.9 Å². The SMILES string of the molecule is CCOP(=O)(OCC)[C@@](Nc1nc2ccccc2s1)(C(=O)OC)C(F)(F)F. The lowest BCUT2D eigenvalue weighted by Crippen LogP contribution is -2.58. The molecule has 0 unspecified atom stereocenters. The lowest BCUT2D eigenvalue weighted by molar-refractivity contribution is -0.185. The molecular formula is C15H18F3N2O5PS. The number of halogens is 3. The summed E-state index contributed by atoms with van der Waals surface area (Å²) in [7, 11) is -4.35. The molecule has 2 aromatic rings. The van der Waals surface area contributed by atoms with Crippen molar-refractivity contribution in [3.8, 4) is 0 Å². The number of anilines is 1. The number of alkyl halides is 3. The van der Waals surface area contributed by atoms with Gasteiger partial charge in [0, 0.05) is 0 Å². The number of esters is 1. The second-order valence-corrected chi connectivity index (χ2v) is 8.36. The minimum Gasteiger partial charge on any atom is -0.467 e. The maximum absolute atomic E-state index is 14.2. The fraction of sp³-hybridized carbons (Fsp3) is 0.467. The number of hydrogen-bond donors (Lipinski definition) is 1. The first-order valence-electron chi connectivity index (χ1n) is 7.83. The number of thiazole rings is 1. The fourth-order valence-electron chi connectivity index (χ4n) is 2.37. The molecule has 2 rings (SSSR count). The molecule has 0 spiro atoms. The molecule has 0 radical (unpaired) electrons. The Morgan fingerprint density at radius 1 is 1.22 bits per heavy atom. The Labute approximate surface area is 157 Å². The minimum atomic E-state index is -5.38. The van der Waals surface area contributed by atoms with Gasteiger partial charge in [0.05, 0.1) is 30.5 Å². The van der Waals surface area contributed by atoms with Crippen molar-refractivity contribution in [3.05, 3.63) is 24.3 Å². The summed E-state index contributed by atoms with van der Waals surface area (Å²) in [6, 6.07) is 6.59. The average Bonchev–Trinajstić information content (AvgIpc) is 3.00. The summed E-state index contributed by atoms with van der Waals surface area (Å²) in [4.78, 5) is 16.4. The van der Waals surface area contributed by atoms with Crippen LogP contribution in [0.4, 0.5) is 18.3 Å². The van der Waals surface area contributed by atoms with Crippen molar-refractivity contribution in [1.82, 2.24) is 4.98 Å². The minimum absolute atomic E-state index is 0.279. The van der Waals surface area contributed by atoms with Crippen molar-refractivity contribution in [1.29, 1.82) is 0 Å². The normalized spacial score (nSPS) is 14.7. The maximum Gasteiger partial charge on any atom is 0.434 e. The van der Waals surface area contributed by atoms with E-state index in [0.717, 1.165) is 18.4 Å². The second kappa shape index (κ2) is 8.14. The number of carbonyl (C=O) groups is 1. The third-order valence-corrected chi connectivity index (χ3v) is 7.00. The maximum atomic E-state index is 14.2. The molecule has 150 valence electrons.